The molecule has 4 aromatic rings. The molecular formula is C32H33N3O5S. The zero-order valence-corrected chi connectivity index (χ0v) is 23.8. The van der Waals surface area contributed by atoms with Crippen LogP contribution in [0.3, 0.4) is 0 Å². The Bertz CT molecular complexity index is 1610. The number of carboxylic acids is 1. The van der Waals surface area contributed by atoms with Gasteiger partial charge in [-0.05, 0) is 65.4 Å². The summed E-state index contributed by atoms with van der Waals surface area (Å²) in [6, 6.07) is 25.9. The van der Waals surface area contributed by atoms with Crippen molar-refractivity contribution in [1.82, 2.24) is 10.3 Å². The van der Waals surface area contributed by atoms with Gasteiger partial charge in [0.1, 0.15) is 15.9 Å². The van der Waals surface area contributed by atoms with Gasteiger partial charge in [0, 0.05) is 31.1 Å². The van der Waals surface area contributed by atoms with E-state index in [0.717, 1.165) is 34.2 Å². The number of pyridine rings is 1. The number of carbonyl (C=O) groups excluding carboxylic acids is 1. The fourth-order valence-corrected chi connectivity index (χ4v) is 5.28. The monoisotopic (exact) mass is 571 g/mol. The van der Waals surface area contributed by atoms with Crippen LogP contribution in [0.15, 0.2) is 97.3 Å². The lowest BCUT2D eigenvalue weighted by Gasteiger charge is -2.25. The van der Waals surface area contributed by atoms with E-state index in [9.17, 15) is 23.1 Å². The Morgan fingerprint density at radius 1 is 0.902 bits per heavy atom. The predicted molar refractivity (Wildman–Crippen MR) is 160 cm³/mol. The Labute approximate surface area is 240 Å². The van der Waals surface area contributed by atoms with Gasteiger partial charge in [-0.2, -0.15) is 0 Å². The normalized spacial score (nSPS) is 12.0. The van der Waals surface area contributed by atoms with E-state index < -0.39 is 27.8 Å². The number of anilines is 1. The molecule has 2 N–H and O–H groups in total. The van der Waals surface area contributed by atoms with E-state index in [0.29, 0.717) is 24.2 Å². The number of nitrogens with one attached hydrogen (secondary N) is 1. The summed E-state index contributed by atoms with van der Waals surface area (Å²) in [5, 5.41) is 12.2. The fraction of sp³-hybridized carbons (Fsp3) is 0.219. The average molecular weight is 572 g/mol. The molecule has 0 bridgehead atoms. The smallest absolute Gasteiger partial charge is 0.326 e. The van der Waals surface area contributed by atoms with Gasteiger partial charge in [-0.25, -0.2) is 13.2 Å². The first-order chi connectivity index (χ1) is 19.6. The number of aliphatic carboxylic acids is 1. The van der Waals surface area contributed by atoms with Crippen molar-refractivity contribution in [1.29, 1.82) is 0 Å². The third kappa shape index (κ3) is 8.25. The van der Waals surface area contributed by atoms with Crippen LogP contribution in [0.5, 0.6) is 0 Å². The molecule has 0 spiro atoms. The first-order valence-electron chi connectivity index (χ1n) is 13.2. The van der Waals surface area contributed by atoms with Crippen molar-refractivity contribution in [3.63, 3.8) is 0 Å². The van der Waals surface area contributed by atoms with Crippen molar-refractivity contribution in [2.45, 2.75) is 32.5 Å². The molecule has 8 nitrogen and oxygen atoms in total. The number of hydrogen-bond donors (Lipinski definition) is 2. The Morgan fingerprint density at radius 3 is 2.27 bits per heavy atom. The van der Waals surface area contributed by atoms with Crippen molar-refractivity contribution < 1.29 is 23.1 Å². The Balaban J connectivity index is 1.69. The standard InChI is InChI=1S/C32H33N3O5S/c1-23-9-6-7-13-27(23)29-19-25(14-15-28(29)31(36)34-30(32(37)38)16-18-41(2,39)40)22-35(26-12-8-17-33-20-26)21-24-10-4-3-5-11-24/h3-15,17,19-20,30H,16,18,21-22H2,1-2H3,(H,34,36)(H,37,38)/t30-/m0/s1. The second-order valence-electron chi connectivity index (χ2n) is 10.0. The SMILES string of the molecule is Cc1ccccc1-c1cc(CN(Cc2ccccc2)c2cccnc2)ccc1C(=O)N[C@@H](CCS(C)(=O)=O)C(=O)O. The number of aryl methyl sites for hydroxylation is 1. The van der Waals surface area contributed by atoms with Crippen LogP contribution >= 0.6 is 0 Å². The lowest BCUT2D eigenvalue weighted by Crippen LogP contribution is -2.42. The van der Waals surface area contributed by atoms with E-state index >= 15 is 0 Å². The van der Waals surface area contributed by atoms with Crippen molar-refractivity contribution in [2.75, 3.05) is 16.9 Å². The highest BCUT2D eigenvalue weighted by atomic mass is 32.2. The lowest BCUT2D eigenvalue weighted by atomic mass is 9.93. The molecule has 0 unspecified atom stereocenters. The van der Waals surface area contributed by atoms with Gasteiger partial charge in [-0.15, -0.1) is 0 Å². The zero-order chi connectivity index (χ0) is 29.4. The van der Waals surface area contributed by atoms with Crippen LogP contribution in [0.4, 0.5) is 5.69 Å². The average Bonchev–Trinajstić information content (AvgIpc) is 2.95. The van der Waals surface area contributed by atoms with Gasteiger partial charge >= 0.3 is 5.97 Å². The first kappa shape index (κ1) is 29.5. The summed E-state index contributed by atoms with van der Waals surface area (Å²) in [5.74, 6) is -2.22. The molecule has 41 heavy (non-hydrogen) atoms. The van der Waals surface area contributed by atoms with Gasteiger partial charge in [-0.3, -0.25) is 9.78 Å². The Kier molecular flexibility index (Phi) is 9.52. The molecule has 0 aliphatic heterocycles. The second-order valence-corrected chi connectivity index (χ2v) is 12.3. The minimum atomic E-state index is -3.40. The summed E-state index contributed by atoms with van der Waals surface area (Å²) in [6.45, 7) is 3.13. The summed E-state index contributed by atoms with van der Waals surface area (Å²) in [7, 11) is -3.40. The maximum atomic E-state index is 13.4. The van der Waals surface area contributed by atoms with Crippen LogP contribution < -0.4 is 10.2 Å². The van der Waals surface area contributed by atoms with E-state index in [2.05, 4.69) is 27.3 Å². The number of rotatable bonds is 12. The molecule has 0 aliphatic carbocycles. The number of aromatic nitrogens is 1. The molecule has 1 atom stereocenters. The lowest BCUT2D eigenvalue weighted by molar-refractivity contribution is -0.139. The molecule has 1 heterocycles. The van der Waals surface area contributed by atoms with E-state index in [1.807, 2.05) is 79.9 Å². The number of carboxylic acid groups (broad SMARTS) is 1. The summed E-state index contributed by atoms with van der Waals surface area (Å²) in [6.07, 6.45) is 4.36. The van der Waals surface area contributed by atoms with E-state index in [4.69, 9.17) is 0 Å². The van der Waals surface area contributed by atoms with Crippen molar-refractivity contribution in [3.8, 4) is 11.1 Å². The molecule has 0 saturated heterocycles. The molecule has 4 rings (SSSR count). The Morgan fingerprint density at radius 2 is 1.61 bits per heavy atom. The maximum Gasteiger partial charge on any atom is 0.326 e. The number of amides is 1. The fourth-order valence-electron chi connectivity index (χ4n) is 4.61. The van der Waals surface area contributed by atoms with Crippen LogP contribution in [0, 0.1) is 6.92 Å². The van der Waals surface area contributed by atoms with Gasteiger partial charge in [-0.1, -0.05) is 60.7 Å². The van der Waals surface area contributed by atoms with Crippen molar-refractivity contribution in [3.05, 3.63) is 120 Å². The first-order valence-corrected chi connectivity index (χ1v) is 15.3. The van der Waals surface area contributed by atoms with Crippen LogP contribution in [0.2, 0.25) is 0 Å². The summed E-state index contributed by atoms with van der Waals surface area (Å²) < 4.78 is 23.2. The van der Waals surface area contributed by atoms with E-state index in [1.54, 1.807) is 12.3 Å². The summed E-state index contributed by atoms with van der Waals surface area (Å²) in [4.78, 5) is 31.8. The van der Waals surface area contributed by atoms with Crippen LogP contribution in [0.1, 0.15) is 33.5 Å². The molecular weight excluding hydrogens is 538 g/mol. The highest BCUT2D eigenvalue weighted by Crippen LogP contribution is 2.30. The maximum absolute atomic E-state index is 13.4. The molecule has 0 saturated carbocycles. The largest absolute Gasteiger partial charge is 0.480 e. The minimum Gasteiger partial charge on any atom is -0.480 e. The van der Waals surface area contributed by atoms with Gasteiger partial charge in [0.05, 0.1) is 17.6 Å². The zero-order valence-electron chi connectivity index (χ0n) is 23.0. The number of benzene rings is 3. The van der Waals surface area contributed by atoms with Crippen LogP contribution in [0.25, 0.3) is 11.1 Å². The molecule has 3 aromatic carbocycles. The minimum absolute atomic E-state index is 0.225. The summed E-state index contributed by atoms with van der Waals surface area (Å²) in [5.41, 5.74) is 5.82. The van der Waals surface area contributed by atoms with Crippen molar-refractivity contribution in [2.24, 2.45) is 0 Å². The number of nitrogens with zero attached hydrogens (tertiary/aromatic N) is 2. The highest BCUT2D eigenvalue weighted by molar-refractivity contribution is 7.90. The van der Waals surface area contributed by atoms with Gasteiger partial charge in [0.15, 0.2) is 0 Å². The molecule has 0 fully saturated rings. The molecule has 1 aromatic heterocycles. The highest BCUT2D eigenvalue weighted by Gasteiger charge is 2.24. The predicted octanol–water partition coefficient (Wildman–Crippen LogP) is 4.88. The Hall–Kier alpha value is -4.50. The molecule has 1 amide bonds. The van der Waals surface area contributed by atoms with E-state index in [1.165, 1.54) is 0 Å². The van der Waals surface area contributed by atoms with E-state index in [-0.39, 0.29) is 12.2 Å². The van der Waals surface area contributed by atoms with Crippen LogP contribution in [-0.2, 0) is 27.7 Å². The third-order valence-electron chi connectivity index (χ3n) is 6.75. The molecule has 9 heteroatoms. The molecule has 0 radical (unpaired) electrons. The number of sulfone groups is 1. The third-order valence-corrected chi connectivity index (χ3v) is 7.72. The van der Waals surface area contributed by atoms with Gasteiger partial charge < -0.3 is 15.3 Å². The summed E-state index contributed by atoms with van der Waals surface area (Å²) >= 11 is 0. The van der Waals surface area contributed by atoms with Gasteiger partial charge in [0.2, 0.25) is 0 Å². The molecule has 212 valence electrons. The van der Waals surface area contributed by atoms with Gasteiger partial charge in [0.25, 0.3) is 5.91 Å². The quantitative estimate of drug-likeness (QED) is 0.249. The topological polar surface area (TPSA) is 117 Å². The number of carbonyl (C=O) groups is 2. The van der Waals surface area contributed by atoms with Crippen molar-refractivity contribution >= 4 is 27.4 Å². The second kappa shape index (κ2) is 13.2. The van der Waals surface area contributed by atoms with Crippen LogP contribution in [-0.4, -0.2) is 48.4 Å². The number of hydrogen-bond acceptors (Lipinski definition) is 6. The molecule has 0 aliphatic rings.